The topological polar surface area (TPSA) is 146 Å². The van der Waals surface area contributed by atoms with E-state index in [1.165, 1.54) is 6.42 Å². The van der Waals surface area contributed by atoms with Crippen molar-refractivity contribution in [3.05, 3.63) is 22.8 Å². The Labute approximate surface area is 181 Å². The van der Waals surface area contributed by atoms with Crippen LogP contribution in [0, 0.1) is 0 Å². The molecule has 1 aromatic rings. The zero-order chi connectivity index (χ0) is 25.4. The van der Waals surface area contributed by atoms with Gasteiger partial charge >= 0.3 is 11.0 Å². The van der Waals surface area contributed by atoms with Gasteiger partial charge in [-0.05, 0) is 19.3 Å². The molecule has 0 radical (unpaired) electrons. The molecule has 0 aliphatic rings. The number of aryl methyl sites for hydroxylation is 2. The monoisotopic (exact) mass is 541 g/mol. The summed E-state index contributed by atoms with van der Waals surface area (Å²) in [5.41, 5.74) is -12.4. The normalized spacial score (nSPS) is 13.5. The van der Waals surface area contributed by atoms with Crippen molar-refractivity contribution in [2.75, 3.05) is 5.75 Å². The Hall–Kier alpha value is -1.44. The Morgan fingerprint density at radius 2 is 1.41 bits per heavy atom. The van der Waals surface area contributed by atoms with E-state index < -0.39 is 41.2 Å². The summed E-state index contributed by atoms with van der Waals surface area (Å²) in [5.74, 6) is -0.149. The Bertz CT molecular complexity index is 990. The van der Waals surface area contributed by atoms with Gasteiger partial charge in [0.2, 0.25) is 6.33 Å². The molecule has 0 bridgehead atoms. The maximum Gasteiger partial charge on any atom is 0.480 e. The first-order chi connectivity index (χ1) is 14.2. The van der Waals surface area contributed by atoms with Gasteiger partial charge in [-0.15, -0.1) is 0 Å². The number of nitrogens with zero attached hydrogens (tertiary/aromatic N) is 3. The minimum atomic E-state index is -6.72. The molecule has 0 aliphatic heterocycles. The number of unbranched alkanes of at least 4 members (excludes halogenated alkanes) is 2. The Morgan fingerprint density at radius 3 is 1.81 bits per heavy atom. The number of rotatable bonds is 10. The van der Waals surface area contributed by atoms with Crippen LogP contribution >= 0.6 is 0 Å². The summed E-state index contributed by atoms with van der Waals surface area (Å²) in [6.07, 6.45) is 9.63. The zero-order valence-electron chi connectivity index (χ0n) is 16.4. The fraction of sp³-hybridized carbons (Fsp3) is 0.769. The van der Waals surface area contributed by atoms with Crippen molar-refractivity contribution in [1.82, 2.24) is 4.57 Å². The van der Waals surface area contributed by atoms with Crippen LogP contribution in [0.15, 0.2) is 18.7 Å². The molecule has 0 aliphatic carbocycles. The average molecular weight is 542 g/mol. The predicted molar refractivity (Wildman–Crippen MR) is 98.5 cm³/mol. The quantitative estimate of drug-likeness (QED) is 0.207. The number of hydrogen-bond acceptors (Lipinski definition) is 6. The van der Waals surface area contributed by atoms with E-state index >= 15 is 0 Å². The van der Waals surface area contributed by atoms with E-state index in [2.05, 4.69) is 11.5 Å². The van der Waals surface area contributed by atoms with E-state index in [0.717, 1.165) is 30.1 Å². The third kappa shape index (κ3) is 11.4. The van der Waals surface area contributed by atoms with Crippen molar-refractivity contribution in [3.63, 3.8) is 0 Å². The third-order valence-electron chi connectivity index (χ3n) is 3.37. The van der Waals surface area contributed by atoms with Crippen molar-refractivity contribution >= 4 is 30.2 Å². The van der Waals surface area contributed by atoms with Crippen molar-refractivity contribution in [3.8, 4) is 0 Å². The Morgan fingerprint density at radius 1 is 0.906 bits per heavy atom. The van der Waals surface area contributed by atoms with Crippen LogP contribution in [0.2, 0.25) is 0 Å². The zero-order valence-corrected chi connectivity index (χ0v) is 18.9. The first-order valence-electron chi connectivity index (χ1n) is 8.58. The van der Waals surface area contributed by atoms with Gasteiger partial charge in [-0.2, -0.15) is 34.8 Å². The van der Waals surface area contributed by atoms with Crippen LogP contribution in [-0.4, -0.2) is 51.1 Å². The third-order valence-corrected chi connectivity index (χ3v) is 6.91. The molecule has 190 valence electrons. The molecule has 32 heavy (non-hydrogen) atoms. The molecule has 0 unspecified atom stereocenters. The molecule has 1 heterocycles. The number of alkyl halides is 6. The lowest BCUT2D eigenvalue weighted by molar-refractivity contribution is -0.696. The largest absolute Gasteiger partial charge is 0.480 e. The van der Waals surface area contributed by atoms with Gasteiger partial charge in [-0.1, -0.05) is 13.3 Å². The average Bonchev–Trinajstić information content (AvgIpc) is 3.01. The van der Waals surface area contributed by atoms with E-state index in [9.17, 15) is 51.6 Å². The molecule has 0 saturated heterocycles. The molecule has 0 fully saturated rings. The van der Waals surface area contributed by atoms with Gasteiger partial charge < -0.3 is 4.13 Å². The van der Waals surface area contributed by atoms with E-state index in [4.69, 9.17) is 4.55 Å². The molecule has 0 aromatic carbocycles. The molecular weight excluding hydrogens is 520 g/mol. The number of aromatic nitrogens is 2. The minimum absolute atomic E-state index is 0.149. The standard InChI is InChI=1S/C11H20N2O3S.C2F6NO4S2/c1-2-3-6-12-8-9-13(11-12)7-4-5-10-17(14,15)16;3-1(4,5)14(10,11)9-15(12,13)2(6,7)8/h8-9,11H,2-7,10H2,1H3;/q;-1/p+1. The molecule has 10 nitrogen and oxygen atoms in total. The smallest absolute Gasteiger partial charge is 0.421 e. The molecular formula is C13H21F6N3O7S3. The van der Waals surface area contributed by atoms with Gasteiger partial charge in [0.1, 0.15) is 12.4 Å². The molecule has 1 aromatic heterocycles. The first kappa shape index (κ1) is 30.6. The number of hydrogen-bond donors (Lipinski definition) is 1. The summed E-state index contributed by atoms with van der Waals surface area (Å²) < 4.78 is 143. The summed E-state index contributed by atoms with van der Waals surface area (Å²) in [5, 5.41) is 0. The number of imidazole rings is 1. The SMILES string of the molecule is CCCCn1cc[n+](CCCCS(=O)(=O)O)c1.O=S(=O)([N-]S(=O)(=O)C(F)(F)F)C(F)(F)F. The fourth-order valence-corrected chi connectivity index (χ4v) is 4.12. The van der Waals surface area contributed by atoms with E-state index in [-0.39, 0.29) is 5.75 Å². The van der Waals surface area contributed by atoms with Gasteiger partial charge in [0, 0.05) is 0 Å². The second kappa shape index (κ2) is 11.6. The maximum atomic E-state index is 11.4. The van der Waals surface area contributed by atoms with Gasteiger partial charge in [0.05, 0.1) is 18.8 Å². The van der Waals surface area contributed by atoms with Crippen molar-refractivity contribution in [2.45, 2.75) is 56.7 Å². The molecule has 0 spiro atoms. The van der Waals surface area contributed by atoms with Gasteiger partial charge in [0.15, 0.2) is 20.0 Å². The van der Waals surface area contributed by atoms with Crippen LogP contribution < -0.4 is 4.57 Å². The van der Waals surface area contributed by atoms with Crippen LogP contribution in [0.25, 0.3) is 4.13 Å². The minimum Gasteiger partial charge on any atom is -0.421 e. The summed E-state index contributed by atoms with van der Waals surface area (Å²) in [7, 11) is -17.2. The highest BCUT2D eigenvalue weighted by atomic mass is 32.3. The number of halogens is 6. The van der Waals surface area contributed by atoms with Crippen molar-refractivity contribution < 1.29 is 60.7 Å². The lowest BCUT2D eigenvalue weighted by Crippen LogP contribution is -2.31. The van der Waals surface area contributed by atoms with E-state index in [1.807, 2.05) is 23.3 Å². The Balaban J connectivity index is 0.000000607. The summed E-state index contributed by atoms with van der Waals surface area (Å²) in [6, 6.07) is 0. The lowest BCUT2D eigenvalue weighted by atomic mass is 10.3. The lowest BCUT2D eigenvalue weighted by Gasteiger charge is -2.22. The number of sulfonamides is 2. The summed E-state index contributed by atoms with van der Waals surface area (Å²) in [4.78, 5) is 0. The van der Waals surface area contributed by atoms with Gasteiger partial charge in [-0.3, -0.25) is 4.55 Å². The molecule has 1 rings (SSSR count). The Kier molecular flexibility index (Phi) is 11.1. The maximum absolute atomic E-state index is 11.4. The van der Waals surface area contributed by atoms with Crippen LogP contribution in [0.5, 0.6) is 0 Å². The summed E-state index contributed by atoms with van der Waals surface area (Å²) >= 11 is 0. The molecule has 0 atom stereocenters. The highest BCUT2D eigenvalue weighted by molar-refractivity contribution is 8.13. The van der Waals surface area contributed by atoms with Crippen molar-refractivity contribution in [2.24, 2.45) is 0 Å². The highest BCUT2D eigenvalue weighted by Gasteiger charge is 2.46. The van der Waals surface area contributed by atoms with Crippen molar-refractivity contribution in [1.29, 1.82) is 0 Å². The van der Waals surface area contributed by atoms with Crippen LogP contribution in [-0.2, 0) is 43.3 Å². The highest BCUT2D eigenvalue weighted by Crippen LogP contribution is 2.36. The summed E-state index contributed by atoms with van der Waals surface area (Å²) in [6.45, 7) is 3.97. The predicted octanol–water partition coefficient (Wildman–Crippen LogP) is 2.30. The van der Waals surface area contributed by atoms with E-state index in [0.29, 0.717) is 6.42 Å². The van der Waals surface area contributed by atoms with Gasteiger partial charge in [-0.25, -0.2) is 26.0 Å². The molecule has 19 heteroatoms. The van der Waals surface area contributed by atoms with Crippen LogP contribution in [0.4, 0.5) is 26.3 Å². The van der Waals surface area contributed by atoms with Crippen LogP contribution in [0.1, 0.15) is 32.6 Å². The van der Waals surface area contributed by atoms with Crippen LogP contribution in [0.3, 0.4) is 0 Å². The molecule has 1 N–H and O–H groups in total. The molecule has 0 amide bonds. The first-order valence-corrected chi connectivity index (χ1v) is 13.1. The van der Waals surface area contributed by atoms with E-state index in [1.54, 1.807) is 0 Å². The van der Waals surface area contributed by atoms with Gasteiger partial charge in [0.25, 0.3) is 10.1 Å². The molecule has 0 saturated carbocycles. The second-order valence-electron chi connectivity index (χ2n) is 6.15. The fourth-order valence-electron chi connectivity index (χ4n) is 1.84. The second-order valence-corrected chi connectivity index (χ2v) is 11.1.